The Morgan fingerprint density at radius 3 is 2.43 bits per heavy atom. The first-order chi connectivity index (χ1) is 16.6. The largest absolute Gasteiger partial charge is 0.394 e. The van der Waals surface area contributed by atoms with E-state index in [1.807, 2.05) is 0 Å². The van der Waals surface area contributed by atoms with Gasteiger partial charge in [-0.1, -0.05) is 17.7 Å². The Labute approximate surface area is 201 Å². The van der Waals surface area contributed by atoms with Gasteiger partial charge in [0.05, 0.1) is 21.7 Å². The van der Waals surface area contributed by atoms with Crippen molar-refractivity contribution in [3.05, 3.63) is 88.0 Å². The van der Waals surface area contributed by atoms with Crippen LogP contribution in [0.1, 0.15) is 33.9 Å². The molecule has 0 saturated carbocycles. The van der Waals surface area contributed by atoms with E-state index in [1.165, 1.54) is 16.5 Å². The van der Waals surface area contributed by atoms with Crippen molar-refractivity contribution in [1.29, 1.82) is 0 Å². The van der Waals surface area contributed by atoms with Crippen molar-refractivity contribution in [1.82, 2.24) is 14.0 Å². The number of anilines is 1. The minimum Gasteiger partial charge on any atom is -0.394 e. The molecular weight excluding hydrogens is 484 g/mol. The molecule has 3 aromatic heterocycles. The van der Waals surface area contributed by atoms with E-state index in [4.69, 9.17) is 17.3 Å². The number of carbonyl (C=O) groups excluding carboxylic acids is 1. The Morgan fingerprint density at radius 2 is 1.77 bits per heavy atom. The number of hydrogen-bond donors (Lipinski definition) is 1. The summed E-state index contributed by atoms with van der Waals surface area (Å²) in [6.45, 7) is 1.74. The minimum absolute atomic E-state index is 0.0614. The van der Waals surface area contributed by atoms with Crippen molar-refractivity contribution in [2.75, 3.05) is 5.73 Å². The number of aromatic nitrogens is 3. The smallest absolute Gasteiger partial charge is 0.264 e. The fraction of sp³-hybridized carbons (Fsp3) is 0.120. The molecule has 0 atom stereocenters. The molecule has 0 unspecified atom stereocenters. The van der Waals surface area contributed by atoms with Gasteiger partial charge in [0.2, 0.25) is 5.78 Å². The number of pyridine rings is 1. The van der Waals surface area contributed by atoms with Crippen LogP contribution < -0.4 is 5.73 Å². The summed E-state index contributed by atoms with van der Waals surface area (Å²) < 4.78 is 59.4. The lowest BCUT2D eigenvalue weighted by molar-refractivity contribution is 0.103. The van der Waals surface area contributed by atoms with Crippen LogP contribution >= 0.6 is 11.6 Å². The van der Waals surface area contributed by atoms with Gasteiger partial charge < -0.3 is 14.7 Å². The van der Waals surface area contributed by atoms with E-state index >= 15 is 0 Å². The van der Waals surface area contributed by atoms with E-state index in [2.05, 4.69) is 4.98 Å². The summed E-state index contributed by atoms with van der Waals surface area (Å²) in [6, 6.07) is 9.27. The molecule has 35 heavy (non-hydrogen) atoms. The van der Waals surface area contributed by atoms with Gasteiger partial charge in [0.1, 0.15) is 28.7 Å². The van der Waals surface area contributed by atoms with E-state index in [1.54, 1.807) is 42.9 Å². The zero-order valence-corrected chi connectivity index (χ0v) is 19.2. The Kier molecular flexibility index (Phi) is 5.32. The quantitative estimate of drug-likeness (QED) is 0.174. The van der Waals surface area contributed by atoms with Crippen LogP contribution in [0.15, 0.2) is 48.7 Å². The monoisotopic (exact) mass is 500 g/mol. The standard InChI is InChI=1S/C25H17ClF4N4O/c1-11-32-23-19(33(11)2)10-14(25(29)30)20(21(23)26)13-4-3-7-34-17(13)5-6-18(34)24(35)12-8-15(27)22(31)16(28)9-12/h3-10,25H,31H2,1-2H3. The number of imidazole rings is 1. The van der Waals surface area contributed by atoms with E-state index in [9.17, 15) is 22.4 Å². The molecule has 2 N–H and O–H groups in total. The van der Waals surface area contributed by atoms with Crippen LogP contribution in [0, 0.1) is 18.6 Å². The second-order valence-electron chi connectivity index (χ2n) is 8.12. The highest BCUT2D eigenvalue weighted by atomic mass is 35.5. The molecule has 0 aliphatic heterocycles. The van der Waals surface area contributed by atoms with Crippen LogP contribution in [-0.2, 0) is 7.05 Å². The average molecular weight is 501 g/mol. The van der Waals surface area contributed by atoms with Crippen LogP contribution in [-0.4, -0.2) is 19.7 Å². The first-order valence-electron chi connectivity index (χ1n) is 10.4. The van der Waals surface area contributed by atoms with Crippen LogP contribution in [0.4, 0.5) is 23.2 Å². The van der Waals surface area contributed by atoms with Gasteiger partial charge in [-0.2, -0.15) is 0 Å². The first-order valence-corrected chi connectivity index (χ1v) is 10.8. The maximum atomic E-state index is 14.2. The summed E-state index contributed by atoms with van der Waals surface area (Å²) >= 11 is 6.65. The summed E-state index contributed by atoms with van der Waals surface area (Å²) in [5, 5.41) is 0.0614. The number of rotatable bonds is 4. The lowest BCUT2D eigenvalue weighted by atomic mass is 9.98. The van der Waals surface area contributed by atoms with Crippen LogP contribution in [0.25, 0.3) is 27.7 Å². The molecule has 0 fully saturated rings. The third kappa shape index (κ3) is 3.46. The predicted molar refractivity (Wildman–Crippen MR) is 126 cm³/mol. The number of alkyl halides is 2. The fourth-order valence-corrected chi connectivity index (χ4v) is 4.61. The second kappa shape index (κ2) is 8.13. The Bertz CT molecular complexity index is 1650. The van der Waals surface area contributed by atoms with Gasteiger partial charge in [-0.3, -0.25) is 4.79 Å². The van der Waals surface area contributed by atoms with Crippen molar-refractivity contribution >= 4 is 39.6 Å². The molecule has 0 aliphatic rings. The summed E-state index contributed by atoms with van der Waals surface area (Å²) in [6.07, 6.45) is -1.28. The maximum absolute atomic E-state index is 14.2. The maximum Gasteiger partial charge on any atom is 0.264 e. The first kappa shape index (κ1) is 22.9. The van der Waals surface area contributed by atoms with Crippen LogP contribution in [0.2, 0.25) is 5.02 Å². The number of hydrogen-bond acceptors (Lipinski definition) is 3. The summed E-state index contributed by atoms with van der Waals surface area (Å²) in [5.41, 5.74) is 5.88. The topological polar surface area (TPSA) is 65.3 Å². The van der Waals surface area contributed by atoms with E-state index in [0.29, 0.717) is 27.9 Å². The minimum atomic E-state index is -2.83. The highest BCUT2D eigenvalue weighted by Gasteiger charge is 2.25. The number of carbonyl (C=O) groups is 1. The van der Waals surface area contributed by atoms with Gasteiger partial charge in [0.15, 0.2) is 0 Å². The molecule has 0 saturated heterocycles. The number of nitrogen functional groups attached to an aromatic ring is 1. The molecule has 5 rings (SSSR count). The SMILES string of the molecule is Cc1nc2c(Cl)c(-c3cccn4c(C(=O)c5cc(F)c(N)c(F)c5)ccc34)c(C(F)F)cc2n1C. The fourth-order valence-electron chi connectivity index (χ4n) is 4.26. The molecule has 5 aromatic rings. The van der Waals surface area contributed by atoms with Crippen molar-refractivity contribution in [2.24, 2.45) is 7.05 Å². The normalized spacial score (nSPS) is 11.8. The van der Waals surface area contributed by atoms with Crippen molar-refractivity contribution < 1.29 is 22.4 Å². The Morgan fingerprint density at radius 1 is 1.09 bits per heavy atom. The molecule has 0 bridgehead atoms. The number of ketones is 1. The third-order valence-corrected chi connectivity index (χ3v) is 6.51. The summed E-state index contributed by atoms with van der Waals surface area (Å²) in [5.74, 6) is -2.17. The molecule has 178 valence electrons. The number of fused-ring (bicyclic) bond motifs is 2. The Balaban J connectivity index is 1.74. The molecule has 0 amide bonds. The molecule has 3 heterocycles. The number of nitrogens with zero attached hydrogens (tertiary/aromatic N) is 3. The van der Waals surface area contributed by atoms with Gasteiger partial charge in [-0.05, 0) is 43.3 Å². The van der Waals surface area contributed by atoms with Gasteiger partial charge in [0, 0.05) is 35.5 Å². The lowest BCUT2D eigenvalue weighted by Crippen LogP contribution is -2.08. The van der Waals surface area contributed by atoms with Crippen LogP contribution in [0.5, 0.6) is 0 Å². The Hall–Kier alpha value is -3.85. The van der Waals surface area contributed by atoms with Gasteiger partial charge in [0.25, 0.3) is 6.43 Å². The average Bonchev–Trinajstić information content (AvgIpc) is 3.38. The predicted octanol–water partition coefficient (Wildman–Crippen LogP) is 6.48. The number of benzene rings is 2. The van der Waals surface area contributed by atoms with Crippen molar-refractivity contribution in [3.8, 4) is 11.1 Å². The van der Waals surface area contributed by atoms with E-state index in [0.717, 1.165) is 12.1 Å². The number of nitrogens with two attached hydrogens (primary N) is 1. The van der Waals surface area contributed by atoms with Gasteiger partial charge in [-0.15, -0.1) is 0 Å². The molecule has 0 radical (unpaired) electrons. The molecule has 0 aliphatic carbocycles. The highest BCUT2D eigenvalue weighted by Crippen LogP contribution is 2.43. The second-order valence-corrected chi connectivity index (χ2v) is 8.50. The van der Waals surface area contributed by atoms with Gasteiger partial charge in [-0.25, -0.2) is 22.5 Å². The third-order valence-electron chi connectivity index (χ3n) is 6.14. The lowest BCUT2D eigenvalue weighted by Gasteiger charge is -2.15. The number of aryl methyl sites for hydroxylation is 2. The number of halogens is 5. The molecule has 2 aromatic carbocycles. The molecule has 5 nitrogen and oxygen atoms in total. The van der Waals surface area contributed by atoms with E-state index in [-0.39, 0.29) is 27.4 Å². The highest BCUT2D eigenvalue weighted by molar-refractivity contribution is 6.38. The molecular formula is C25H17ClF4N4O. The van der Waals surface area contributed by atoms with Gasteiger partial charge >= 0.3 is 0 Å². The molecule has 10 heteroatoms. The zero-order valence-electron chi connectivity index (χ0n) is 18.4. The zero-order chi connectivity index (χ0) is 25.2. The van der Waals surface area contributed by atoms with Crippen molar-refractivity contribution in [3.63, 3.8) is 0 Å². The van der Waals surface area contributed by atoms with E-state index < -0.39 is 29.5 Å². The summed E-state index contributed by atoms with van der Waals surface area (Å²) in [4.78, 5) is 17.5. The molecule has 0 spiro atoms. The van der Waals surface area contributed by atoms with Crippen LogP contribution in [0.3, 0.4) is 0 Å². The van der Waals surface area contributed by atoms with Crippen molar-refractivity contribution in [2.45, 2.75) is 13.3 Å². The summed E-state index contributed by atoms with van der Waals surface area (Å²) in [7, 11) is 1.71.